The highest BCUT2D eigenvalue weighted by Gasteiger charge is 2.14. The van der Waals surface area contributed by atoms with Crippen molar-refractivity contribution in [2.45, 2.75) is 13.3 Å². The molecule has 1 saturated heterocycles. The number of rotatable bonds is 4. The summed E-state index contributed by atoms with van der Waals surface area (Å²) in [4.78, 5) is 10.3. The van der Waals surface area contributed by atoms with Crippen molar-refractivity contribution in [1.29, 1.82) is 0 Å². The number of nitrogens with zero attached hydrogens (tertiary/aromatic N) is 4. The molecule has 16 heavy (non-hydrogen) atoms. The van der Waals surface area contributed by atoms with Crippen LogP contribution in [0.25, 0.3) is 0 Å². The minimum atomic E-state index is 0.770. The average molecular weight is 217 g/mol. The standard InChI is InChI=1S/C11H15N5/c1-9(11-8-12-4-5-13-11)14-15-10(2)16-6-3-7-16/h4-5,8,15H,2-3,6-7H2,1H3/b14-9+. The fourth-order valence-corrected chi connectivity index (χ4v) is 1.35. The van der Waals surface area contributed by atoms with Crippen LogP contribution in [0.1, 0.15) is 19.0 Å². The van der Waals surface area contributed by atoms with Crippen LogP contribution in [-0.4, -0.2) is 33.7 Å². The molecule has 2 heterocycles. The molecule has 0 unspecified atom stereocenters. The lowest BCUT2D eigenvalue weighted by Gasteiger charge is -2.33. The molecule has 0 spiro atoms. The molecule has 0 amide bonds. The molecular formula is C11H15N5. The molecule has 1 aliphatic rings. The zero-order chi connectivity index (χ0) is 11.4. The summed E-state index contributed by atoms with van der Waals surface area (Å²) in [5.41, 5.74) is 4.51. The van der Waals surface area contributed by atoms with Gasteiger partial charge in [0, 0.05) is 25.5 Å². The Balaban J connectivity index is 1.94. The van der Waals surface area contributed by atoms with Gasteiger partial charge in [-0.05, 0) is 13.3 Å². The quantitative estimate of drug-likeness (QED) is 0.603. The highest BCUT2D eigenvalue weighted by molar-refractivity contribution is 5.96. The van der Waals surface area contributed by atoms with E-state index in [1.54, 1.807) is 18.6 Å². The van der Waals surface area contributed by atoms with E-state index in [0.29, 0.717) is 0 Å². The summed E-state index contributed by atoms with van der Waals surface area (Å²) in [7, 11) is 0. The van der Waals surface area contributed by atoms with Crippen LogP contribution in [0.3, 0.4) is 0 Å². The lowest BCUT2D eigenvalue weighted by molar-refractivity contribution is 0.224. The highest BCUT2D eigenvalue weighted by Crippen LogP contribution is 2.10. The first-order valence-corrected chi connectivity index (χ1v) is 5.28. The molecule has 2 rings (SSSR count). The van der Waals surface area contributed by atoms with E-state index >= 15 is 0 Å². The number of aromatic nitrogens is 2. The maximum Gasteiger partial charge on any atom is 0.115 e. The minimum Gasteiger partial charge on any atom is -0.357 e. The molecule has 0 aliphatic carbocycles. The topological polar surface area (TPSA) is 53.4 Å². The molecule has 5 heteroatoms. The zero-order valence-electron chi connectivity index (χ0n) is 9.35. The van der Waals surface area contributed by atoms with Crippen LogP contribution < -0.4 is 5.43 Å². The summed E-state index contributed by atoms with van der Waals surface area (Å²) < 4.78 is 0. The van der Waals surface area contributed by atoms with Crippen molar-refractivity contribution >= 4 is 5.71 Å². The molecule has 0 aromatic carbocycles. The maximum absolute atomic E-state index is 4.22. The summed E-state index contributed by atoms with van der Waals surface area (Å²) in [5.74, 6) is 0.842. The molecule has 5 nitrogen and oxygen atoms in total. The molecule has 84 valence electrons. The molecule has 1 N–H and O–H groups in total. The number of hydrogen-bond acceptors (Lipinski definition) is 5. The summed E-state index contributed by atoms with van der Waals surface area (Å²) in [5, 5.41) is 4.22. The van der Waals surface area contributed by atoms with Gasteiger partial charge in [-0.2, -0.15) is 5.10 Å². The highest BCUT2D eigenvalue weighted by atomic mass is 15.4. The van der Waals surface area contributed by atoms with Crippen molar-refractivity contribution in [2.75, 3.05) is 13.1 Å². The van der Waals surface area contributed by atoms with E-state index in [1.807, 2.05) is 6.92 Å². The first kappa shape index (κ1) is 10.6. The fraction of sp³-hybridized carbons (Fsp3) is 0.364. The summed E-state index contributed by atoms with van der Waals surface area (Å²) in [6, 6.07) is 0. The number of hydrazone groups is 1. The van der Waals surface area contributed by atoms with Crippen molar-refractivity contribution in [2.24, 2.45) is 5.10 Å². The molecule has 0 saturated carbocycles. The number of likely N-dealkylation sites (tertiary alicyclic amines) is 1. The van der Waals surface area contributed by atoms with Gasteiger partial charge >= 0.3 is 0 Å². The van der Waals surface area contributed by atoms with Gasteiger partial charge in [-0.1, -0.05) is 6.58 Å². The smallest absolute Gasteiger partial charge is 0.115 e. The van der Waals surface area contributed by atoms with E-state index in [4.69, 9.17) is 0 Å². The molecule has 0 bridgehead atoms. The van der Waals surface area contributed by atoms with E-state index in [1.165, 1.54) is 6.42 Å². The van der Waals surface area contributed by atoms with Crippen LogP contribution in [0, 0.1) is 0 Å². The maximum atomic E-state index is 4.22. The summed E-state index contributed by atoms with van der Waals surface area (Å²) in [6.07, 6.45) is 6.21. The van der Waals surface area contributed by atoms with E-state index in [-0.39, 0.29) is 0 Å². The van der Waals surface area contributed by atoms with Crippen molar-refractivity contribution in [1.82, 2.24) is 20.3 Å². The second kappa shape index (κ2) is 4.74. The molecular weight excluding hydrogens is 202 g/mol. The second-order valence-electron chi connectivity index (χ2n) is 3.69. The Bertz CT molecular complexity index is 394. The molecule has 1 aromatic heterocycles. The third-order valence-corrected chi connectivity index (χ3v) is 2.52. The second-order valence-corrected chi connectivity index (χ2v) is 3.69. The monoisotopic (exact) mass is 217 g/mol. The normalized spacial score (nSPS) is 15.6. The molecule has 0 radical (unpaired) electrons. The molecule has 0 atom stereocenters. The Morgan fingerprint density at radius 3 is 2.88 bits per heavy atom. The van der Waals surface area contributed by atoms with Crippen LogP contribution in [-0.2, 0) is 0 Å². The predicted molar refractivity (Wildman–Crippen MR) is 62.7 cm³/mol. The van der Waals surface area contributed by atoms with Crippen molar-refractivity contribution in [3.8, 4) is 0 Å². The predicted octanol–water partition coefficient (Wildman–Crippen LogP) is 0.967. The van der Waals surface area contributed by atoms with Gasteiger partial charge in [0.15, 0.2) is 0 Å². The lowest BCUT2D eigenvalue weighted by Crippen LogP contribution is -2.39. The first-order chi connectivity index (χ1) is 7.77. The van der Waals surface area contributed by atoms with Crippen LogP contribution in [0.15, 0.2) is 36.1 Å². The van der Waals surface area contributed by atoms with Crippen LogP contribution >= 0.6 is 0 Å². The third kappa shape index (κ3) is 2.36. The molecule has 1 aliphatic heterocycles. The molecule has 1 fully saturated rings. The summed E-state index contributed by atoms with van der Waals surface area (Å²) >= 11 is 0. The Labute approximate surface area is 94.9 Å². The van der Waals surface area contributed by atoms with E-state index in [0.717, 1.165) is 30.3 Å². The SMILES string of the molecule is C=C(N/N=C(\C)c1cnccn1)N1CCC1. The Morgan fingerprint density at radius 2 is 2.31 bits per heavy atom. The molecule has 1 aromatic rings. The first-order valence-electron chi connectivity index (χ1n) is 5.28. The van der Waals surface area contributed by atoms with Crippen molar-refractivity contribution < 1.29 is 0 Å². The van der Waals surface area contributed by atoms with Gasteiger partial charge in [0.2, 0.25) is 0 Å². The van der Waals surface area contributed by atoms with Crippen LogP contribution in [0.5, 0.6) is 0 Å². The van der Waals surface area contributed by atoms with E-state index in [2.05, 4.69) is 32.0 Å². The van der Waals surface area contributed by atoms with Gasteiger partial charge in [0.25, 0.3) is 0 Å². The Morgan fingerprint density at radius 1 is 1.50 bits per heavy atom. The third-order valence-electron chi connectivity index (χ3n) is 2.52. The van der Waals surface area contributed by atoms with Gasteiger partial charge in [-0.3, -0.25) is 15.4 Å². The largest absolute Gasteiger partial charge is 0.357 e. The van der Waals surface area contributed by atoms with E-state index in [9.17, 15) is 0 Å². The minimum absolute atomic E-state index is 0.770. The zero-order valence-corrected chi connectivity index (χ0v) is 9.35. The number of hydrogen-bond donors (Lipinski definition) is 1. The van der Waals surface area contributed by atoms with Gasteiger partial charge < -0.3 is 4.90 Å². The van der Waals surface area contributed by atoms with Crippen LogP contribution in [0.4, 0.5) is 0 Å². The van der Waals surface area contributed by atoms with Crippen molar-refractivity contribution in [3.63, 3.8) is 0 Å². The van der Waals surface area contributed by atoms with Crippen molar-refractivity contribution in [3.05, 3.63) is 36.7 Å². The fourth-order valence-electron chi connectivity index (χ4n) is 1.35. The van der Waals surface area contributed by atoms with Gasteiger partial charge in [-0.15, -0.1) is 0 Å². The Kier molecular flexibility index (Phi) is 3.14. The summed E-state index contributed by atoms with van der Waals surface area (Å²) in [6.45, 7) is 7.93. The van der Waals surface area contributed by atoms with Gasteiger partial charge in [0.1, 0.15) is 11.5 Å². The van der Waals surface area contributed by atoms with Gasteiger partial charge in [0.05, 0.1) is 11.9 Å². The van der Waals surface area contributed by atoms with Crippen LogP contribution in [0.2, 0.25) is 0 Å². The Hall–Kier alpha value is -1.91. The number of nitrogens with one attached hydrogen (secondary N) is 1. The van der Waals surface area contributed by atoms with Gasteiger partial charge in [-0.25, -0.2) is 0 Å². The average Bonchev–Trinajstić information content (AvgIpc) is 2.25. The lowest BCUT2D eigenvalue weighted by atomic mass is 10.2. The van der Waals surface area contributed by atoms with E-state index < -0.39 is 0 Å².